The maximum atomic E-state index is 11.0. The lowest BCUT2D eigenvalue weighted by atomic mass is 10.2. The van der Waals surface area contributed by atoms with Crippen molar-refractivity contribution in [1.82, 2.24) is 4.57 Å². The molecule has 0 aliphatic heterocycles. The number of benzene rings is 1. The van der Waals surface area contributed by atoms with Crippen molar-refractivity contribution < 1.29 is 9.90 Å². The van der Waals surface area contributed by atoms with Crippen molar-refractivity contribution in [2.75, 3.05) is 6.61 Å². The number of aliphatic hydroxyl groups is 1. The summed E-state index contributed by atoms with van der Waals surface area (Å²) in [6.45, 7) is 2.74. The van der Waals surface area contributed by atoms with Gasteiger partial charge in [0, 0.05) is 35.3 Å². The Morgan fingerprint density at radius 1 is 1.53 bits per heavy atom. The Hall–Kier alpha value is -1.32. The number of hydrogen-bond donors (Lipinski definition) is 1. The van der Waals surface area contributed by atoms with E-state index in [2.05, 4.69) is 0 Å². The van der Waals surface area contributed by atoms with E-state index in [0.717, 1.165) is 17.2 Å². The summed E-state index contributed by atoms with van der Waals surface area (Å²) in [5.41, 5.74) is 1.58. The normalized spacial score (nSPS) is 12.9. The van der Waals surface area contributed by atoms with E-state index in [-0.39, 0.29) is 12.5 Å². The number of aliphatic hydroxyl groups excluding tert-OH is 1. The summed E-state index contributed by atoms with van der Waals surface area (Å²) < 4.78 is 1.96. The molecule has 4 heteroatoms. The molecule has 1 heterocycles. The molecule has 2 aromatic rings. The maximum absolute atomic E-state index is 11.0. The SMILES string of the molecule is CC(CO)Cn1cc(C=O)c2ccc(Cl)cc21. The molecular weight excluding hydrogens is 238 g/mol. The number of hydrogen-bond acceptors (Lipinski definition) is 2. The van der Waals surface area contributed by atoms with Crippen LogP contribution in [0.1, 0.15) is 17.3 Å². The van der Waals surface area contributed by atoms with Crippen molar-refractivity contribution in [3.05, 3.63) is 35.0 Å². The van der Waals surface area contributed by atoms with Crippen LogP contribution in [0.3, 0.4) is 0 Å². The van der Waals surface area contributed by atoms with Gasteiger partial charge in [-0.1, -0.05) is 24.6 Å². The molecule has 0 radical (unpaired) electrons. The van der Waals surface area contributed by atoms with Gasteiger partial charge in [0.2, 0.25) is 0 Å². The second-order valence-corrected chi connectivity index (χ2v) is 4.74. The van der Waals surface area contributed by atoms with E-state index in [1.807, 2.05) is 23.6 Å². The number of halogens is 1. The van der Waals surface area contributed by atoms with Gasteiger partial charge >= 0.3 is 0 Å². The molecule has 0 fully saturated rings. The standard InChI is InChI=1S/C13H14ClNO2/c1-9(7-16)5-15-6-10(8-17)12-3-2-11(14)4-13(12)15/h2-4,6,8-9,16H,5,7H2,1H3. The zero-order valence-corrected chi connectivity index (χ0v) is 10.3. The lowest BCUT2D eigenvalue weighted by molar-refractivity contribution is 0.112. The predicted octanol–water partition coefficient (Wildman–Crippen LogP) is 2.74. The summed E-state index contributed by atoms with van der Waals surface area (Å²) in [4.78, 5) is 11.0. The van der Waals surface area contributed by atoms with Crippen LogP contribution in [-0.2, 0) is 6.54 Å². The lowest BCUT2D eigenvalue weighted by Gasteiger charge is -2.10. The highest BCUT2D eigenvalue weighted by atomic mass is 35.5. The van der Waals surface area contributed by atoms with E-state index in [1.54, 1.807) is 12.3 Å². The number of rotatable bonds is 4. The van der Waals surface area contributed by atoms with Crippen molar-refractivity contribution in [2.45, 2.75) is 13.5 Å². The highest BCUT2D eigenvalue weighted by molar-refractivity contribution is 6.31. The van der Waals surface area contributed by atoms with Gasteiger partial charge in [0.05, 0.1) is 5.52 Å². The smallest absolute Gasteiger partial charge is 0.152 e. The van der Waals surface area contributed by atoms with E-state index in [0.29, 0.717) is 17.1 Å². The third-order valence-corrected chi connectivity index (χ3v) is 3.06. The van der Waals surface area contributed by atoms with E-state index in [4.69, 9.17) is 16.7 Å². The zero-order valence-electron chi connectivity index (χ0n) is 9.56. The molecule has 0 saturated heterocycles. The Morgan fingerprint density at radius 2 is 2.29 bits per heavy atom. The highest BCUT2D eigenvalue weighted by Gasteiger charge is 2.10. The van der Waals surface area contributed by atoms with Gasteiger partial charge in [-0.15, -0.1) is 0 Å². The summed E-state index contributed by atoms with van der Waals surface area (Å²) in [6, 6.07) is 5.46. The first kappa shape index (κ1) is 12.1. The van der Waals surface area contributed by atoms with Crippen LogP contribution in [0.15, 0.2) is 24.4 Å². The molecule has 1 atom stereocenters. The Bertz CT molecular complexity index is 548. The van der Waals surface area contributed by atoms with Crippen molar-refractivity contribution in [2.24, 2.45) is 5.92 Å². The number of carbonyl (C=O) groups excluding carboxylic acids is 1. The first-order valence-electron chi connectivity index (χ1n) is 5.50. The molecule has 1 aromatic heterocycles. The minimum absolute atomic E-state index is 0.122. The van der Waals surface area contributed by atoms with E-state index < -0.39 is 0 Å². The van der Waals surface area contributed by atoms with Gasteiger partial charge in [0.15, 0.2) is 6.29 Å². The van der Waals surface area contributed by atoms with Crippen LogP contribution in [0, 0.1) is 5.92 Å². The number of aromatic nitrogens is 1. The van der Waals surface area contributed by atoms with Crippen molar-refractivity contribution in [1.29, 1.82) is 0 Å². The number of fused-ring (bicyclic) bond motifs is 1. The molecule has 0 bridgehead atoms. The van der Waals surface area contributed by atoms with Gasteiger partial charge in [-0.2, -0.15) is 0 Å². The van der Waals surface area contributed by atoms with E-state index in [9.17, 15) is 4.79 Å². The summed E-state index contributed by atoms with van der Waals surface area (Å²) in [6.07, 6.45) is 2.65. The monoisotopic (exact) mass is 251 g/mol. The molecule has 0 aliphatic carbocycles. The average Bonchev–Trinajstić information content (AvgIpc) is 2.66. The highest BCUT2D eigenvalue weighted by Crippen LogP contribution is 2.24. The van der Waals surface area contributed by atoms with Crippen LogP contribution >= 0.6 is 11.6 Å². The third kappa shape index (κ3) is 2.35. The van der Waals surface area contributed by atoms with Gasteiger partial charge in [0.25, 0.3) is 0 Å². The molecule has 3 nitrogen and oxygen atoms in total. The molecule has 1 unspecified atom stereocenters. The molecule has 2 rings (SSSR count). The topological polar surface area (TPSA) is 42.2 Å². The van der Waals surface area contributed by atoms with E-state index in [1.165, 1.54) is 0 Å². The minimum atomic E-state index is 0.122. The Kier molecular flexibility index (Phi) is 3.50. The maximum Gasteiger partial charge on any atom is 0.152 e. The van der Waals surface area contributed by atoms with Crippen LogP contribution in [0.4, 0.5) is 0 Å². The fourth-order valence-electron chi connectivity index (χ4n) is 1.93. The van der Waals surface area contributed by atoms with Crippen LogP contribution in [0.25, 0.3) is 10.9 Å². The zero-order chi connectivity index (χ0) is 12.4. The first-order valence-corrected chi connectivity index (χ1v) is 5.88. The van der Waals surface area contributed by atoms with Crippen LogP contribution in [-0.4, -0.2) is 22.6 Å². The van der Waals surface area contributed by atoms with Crippen LogP contribution in [0.2, 0.25) is 5.02 Å². The molecule has 1 N–H and O–H groups in total. The minimum Gasteiger partial charge on any atom is -0.396 e. The molecule has 1 aromatic carbocycles. The predicted molar refractivity (Wildman–Crippen MR) is 68.6 cm³/mol. The van der Waals surface area contributed by atoms with Crippen LogP contribution < -0.4 is 0 Å². The molecule has 17 heavy (non-hydrogen) atoms. The summed E-state index contributed by atoms with van der Waals surface area (Å²) in [7, 11) is 0. The van der Waals surface area contributed by atoms with Gasteiger partial charge in [-0.05, 0) is 18.1 Å². The molecule has 0 amide bonds. The third-order valence-electron chi connectivity index (χ3n) is 2.82. The first-order chi connectivity index (χ1) is 8.15. The second-order valence-electron chi connectivity index (χ2n) is 4.30. The lowest BCUT2D eigenvalue weighted by Crippen LogP contribution is -2.10. The fraction of sp³-hybridized carbons (Fsp3) is 0.308. The van der Waals surface area contributed by atoms with Gasteiger partial charge in [-0.3, -0.25) is 4.79 Å². The Labute approximate surface area is 105 Å². The Balaban J connectivity index is 2.54. The van der Waals surface area contributed by atoms with Crippen LogP contribution in [0.5, 0.6) is 0 Å². The fourth-order valence-corrected chi connectivity index (χ4v) is 2.10. The van der Waals surface area contributed by atoms with Crippen molar-refractivity contribution in [3.8, 4) is 0 Å². The molecule has 0 aliphatic rings. The second kappa shape index (κ2) is 4.90. The largest absolute Gasteiger partial charge is 0.396 e. The quantitative estimate of drug-likeness (QED) is 0.849. The number of aldehydes is 1. The molecule has 0 spiro atoms. The Morgan fingerprint density at radius 3 is 2.94 bits per heavy atom. The van der Waals surface area contributed by atoms with Gasteiger partial charge < -0.3 is 9.67 Å². The summed E-state index contributed by atoms with van der Waals surface area (Å²) in [5, 5.41) is 10.6. The number of carbonyl (C=O) groups is 1. The molecular formula is C13H14ClNO2. The molecule has 0 saturated carbocycles. The average molecular weight is 252 g/mol. The summed E-state index contributed by atoms with van der Waals surface area (Å²) in [5.74, 6) is 0.143. The number of nitrogens with zero attached hydrogens (tertiary/aromatic N) is 1. The molecule has 90 valence electrons. The summed E-state index contributed by atoms with van der Waals surface area (Å²) >= 11 is 5.96. The van der Waals surface area contributed by atoms with Crippen molar-refractivity contribution >= 4 is 28.8 Å². The van der Waals surface area contributed by atoms with Gasteiger partial charge in [-0.25, -0.2) is 0 Å². The van der Waals surface area contributed by atoms with E-state index >= 15 is 0 Å². The van der Waals surface area contributed by atoms with Crippen molar-refractivity contribution in [3.63, 3.8) is 0 Å². The van der Waals surface area contributed by atoms with Gasteiger partial charge in [0.1, 0.15) is 0 Å².